The maximum atomic E-state index is 13.3. The molecular weight excluding hydrogens is 431 g/mol. The maximum Gasteiger partial charge on any atom is 0.321 e. The van der Waals surface area contributed by atoms with Gasteiger partial charge in [0.05, 0.1) is 5.02 Å². The normalized spacial score (nSPS) is 12.1. The number of aliphatic carboxylic acids is 1. The molecule has 0 fully saturated rings. The van der Waals surface area contributed by atoms with Gasteiger partial charge in [0.25, 0.3) is 0 Å². The quantitative estimate of drug-likeness (QED) is 0.321. The highest BCUT2D eigenvalue weighted by molar-refractivity contribution is 6.31. The first kappa shape index (κ1) is 21.9. The highest BCUT2D eigenvalue weighted by Gasteiger charge is 2.20. The van der Waals surface area contributed by atoms with Crippen molar-refractivity contribution in [1.82, 2.24) is 10.3 Å². The van der Waals surface area contributed by atoms with Crippen molar-refractivity contribution in [3.8, 4) is 5.75 Å². The number of aromatic amines is 1. The Balaban J connectivity index is 1.44. The third-order valence-electron chi connectivity index (χ3n) is 5.31. The lowest BCUT2D eigenvalue weighted by atomic mass is 10.0. The molecule has 164 valence electrons. The molecule has 0 aliphatic carbocycles. The van der Waals surface area contributed by atoms with Crippen LogP contribution in [0.25, 0.3) is 10.9 Å². The van der Waals surface area contributed by atoms with E-state index in [-0.39, 0.29) is 6.61 Å². The molecule has 0 spiro atoms. The summed E-state index contributed by atoms with van der Waals surface area (Å²) in [7, 11) is 0. The highest BCUT2D eigenvalue weighted by Crippen LogP contribution is 2.23. The Labute approximate surface area is 189 Å². The minimum absolute atomic E-state index is 0.174. The maximum absolute atomic E-state index is 13.3. The van der Waals surface area contributed by atoms with Gasteiger partial charge in [0.1, 0.15) is 24.2 Å². The molecule has 0 saturated heterocycles. The number of H-pyrrole nitrogens is 1. The molecule has 3 aromatic carbocycles. The number of rotatable bonds is 9. The number of fused-ring (bicyclic) bond motifs is 1. The Morgan fingerprint density at radius 2 is 1.84 bits per heavy atom. The second kappa shape index (κ2) is 9.85. The average molecular weight is 453 g/mol. The van der Waals surface area contributed by atoms with Gasteiger partial charge in [-0.2, -0.15) is 0 Å². The standard InChI is InChI=1S/C25H22ClFN2O3/c26-21-12-19(27)10-9-17(21)15-32-24-8-4-1-5-16(24)13-29-23(25(30)31)11-18-14-28-22-7-3-2-6-20(18)22/h1-10,12,14,23,28-29H,11,13,15H2,(H,30,31). The van der Waals surface area contributed by atoms with Crippen molar-refractivity contribution >= 4 is 28.5 Å². The van der Waals surface area contributed by atoms with Crippen molar-refractivity contribution in [2.45, 2.75) is 25.6 Å². The summed E-state index contributed by atoms with van der Waals surface area (Å²) in [6, 6.07) is 18.6. The zero-order chi connectivity index (χ0) is 22.5. The van der Waals surface area contributed by atoms with Gasteiger partial charge in [-0.15, -0.1) is 0 Å². The Hall–Kier alpha value is -3.35. The van der Waals surface area contributed by atoms with Crippen molar-refractivity contribution < 1.29 is 19.0 Å². The van der Waals surface area contributed by atoms with Crippen LogP contribution in [0.4, 0.5) is 4.39 Å². The van der Waals surface area contributed by atoms with E-state index in [1.165, 1.54) is 12.1 Å². The summed E-state index contributed by atoms with van der Waals surface area (Å²) in [5.74, 6) is -0.721. The van der Waals surface area contributed by atoms with Gasteiger partial charge in [0.15, 0.2) is 0 Å². The zero-order valence-corrected chi connectivity index (χ0v) is 17.9. The molecule has 0 amide bonds. The molecule has 0 radical (unpaired) electrons. The molecule has 3 N–H and O–H groups in total. The van der Waals surface area contributed by atoms with Gasteiger partial charge in [-0.05, 0) is 29.8 Å². The van der Waals surface area contributed by atoms with Crippen LogP contribution < -0.4 is 10.1 Å². The second-order valence-corrected chi connectivity index (χ2v) is 7.87. The molecule has 0 saturated carbocycles. The van der Waals surface area contributed by atoms with Crippen LogP contribution in [0.5, 0.6) is 5.75 Å². The summed E-state index contributed by atoms with van der Waals surface area (Å²) >= 11 is 6.08. The van der Waals surface area contributed by atoms with E-state index in [2.05, 4.69) is 10.3 Å². The van der Waals surface area contributed by atoms with E-state index in [9.17, 15) is 14.3 Å². The van der Waals surface area contributed by atoms with Crippen molar-refractivity contribution in [2.24, 2.45) is 0 Å². The lowest BCUT2D eigenvalue weighted by molar-refractivity contribution is -0.139. The van der Waals surface area contributed by atoms with Gasteiger partial charge in [-0.3, -0.25) is 10.1 Å². The molecule has 4 rings (SSSR count). The molecule has 0 bridgehead atoms. The lowest BCUT2D eigenvalue weighted by Crippen LogP contribution is -2.38. The summed E-state index contributed by atoms with van der Waals surface area (Å²) in [6.45, 7) is 0.487. The van der Waals surface area contributed by atoms with Crippen LogP contribution in [-0.2, 0) is 24.4 Å². The van der Waals surface area contributed by atoms with Gasteiger partial charge >= 0.3 is 5.97 Å². The Morgan fingerprint density at radius 3 is 2.66 bits per heavy atom. The van der Waals surface area contributed by atoms with E-state index in [1.807, 2.05) is 54.7 Å². The number of carboxylic acids is 1. The molecule has 7 heteroatoms. The fourth-order valence-corrected chi connectivity index (χ4v) is 3.81. The molecule has 4 aromatic rings. The van der Waals surface area contributed by atoms with Crippen LogP contribution in [0.2, 0.25) is 5.02 Å². The number of halogens is 2. The topological polar surface area (TPSA) is 74.3 Å². The third-order valence-corrected chi connectivity index (χ3v) is 5.66. The van der Waals surface area contributed by atoms with Crippen molar-refractivity contribution in [3.05, 3.63) is 100 Å². The van der Waals surface area contributed by atoms with Crippen LogP contribution in [0.15, 0.2) is 72.9 Å². The third kappa shape index (κ3) is 5.10. The van der Waals surface area contributed by atoms with E-state index in [0.717, 1.165) is 22.0 Å². The minimum Gasteiger partial charge on any atom is -0.489 e. The first-order valence-corrected chi connectivity index (χ1v) is 10.5. The summed E-state index contributed by atoms with van der Waals surface area (Å²) in [5.41, 5.74) is 3.40. The Morgan fingerprint density at radius 1 is 1.06 bits per heavy atom. The van der Waals surface area contributed by atoms with E-state index in [4.69, 9.17) is 16.3 Å². The number of ether oxygens (including phenoxy) is 1. The summed E-state index contributed by atoms with van der Waals surface area (Å²) < 4.78 is 19.2. The molecule has 0 aliphatic heterocycles. The van der Waals surface area contributed by atoms with Gasteiger partial charge in [-0.25, -0.2) is 4.39 Å². The monoisotopic (exact) mass is 452 g/mol. The molecule has 1 aromatic heterocycles. The van der Waals surface area contributed by atoms with Gasteiger partial charge in [0.2, 0.25) is 0 Å². The van der Waals surface area contributed by atoms with Crippen LogP contribution in [0.1, 0.15) is 16.7 Å². The smallest absolute Gasteiger partial charge is 0.321 e. The number of para-hydroxylation sites is 2. The van der Waals surface area contributed by atoms with E-state index in [1.54, 1.807) is 6.07 Å². The summed E-state index contributed by atoms with van der Waals surface area (Å²) in [5, 5.41) is 14.2. The van der Waals surface area contributed by atoms with Crippen LogP contribution in [0.3, 0.4) is 0 Å². The summed E-state index contributed by atoms with van der Waals surface area (Å²) in [4.78, 5) is 15.1. The molecule has 5 nitrogen and oxygen atoms in total. The largest absolute Gasteiger partial charge is 0.489 e. The molecule has 32 heavy (non-hydrogen) atoms. The fraction of sp³-hybridized carbons (Fsp3) is 0.160. The molecule has 1 heterocycles. The number of hydrogen-bond donors (Lipinski definition) is 3. The lowest BCUT2D eigenvalue weighted by Gasteiger charge is -2.17. The van der Waals surface area contributed by atoms with E-state index < -0.39 is 17.8 Å². The Bertz CT molecular complexity index is 1240. The van der Waals surface area contributed by atoms with Crippen LogP contribution in [0, 0.1) is 5.82 Å². The molecular formula is C25H22ClFN2O3. The second-order valence-electron chi connectivity index (χ2n) is 7.47. The first-order chi connectivity index (χ1) is 15.5. The van der Waals surface area contributed by atoms with Gasteiger partial charge < -0.3 is 14.8 Å². The molecule has 1 atom stereocenters. The van der Waals surface area contributed by atoms with E-state index >= 15 is 0 Å². The van der Waals surface area contributed by atoms with Crippen molar-refractivity contribution in [3.63, 3.8) is 0 Å². The minimum atomic E-state index is -0.924. The number of carbonyl (C=O) groups is 1. The van der Waals surface area contributed by atoms with Crippen molar-refractivity contribution in [2.75, 3.05) is 0 Å². The number of carboxylic acid groups (broad SMARTS) is 1. The number of hydrogen-bond acceptors (Lipinski definition) is 3. The SMILES string of the molecule is O=C(O)C(Cc1c[nH]c2ccccc12)NCc1ccccc1OCc1ccc(F)cc1Cl. The van der Waals surface area contributed by atoms with Crippen molar-refractivity contribution in [1.29, 1.82) is 0 Å². The van der Waals surface area contributed by atoms with E-state index in [0.29, 0.717) is 29.3 Å². The first-order valence-electron chi connectivity index (χ1n) is 10.2. The molecule has 1 unspecified atom stereocenters. The number of aromatic nitrogens is 1. The van der Waals surface area contributed by atoms with Gasteiger partial charge in [0, 0.05) is 41.2 Å². The van der Waals surface area contributed by atoms with Gasteiger partial charge in [-0.1, -0.05) is 54.1 Å². The zero-order valence-electron chi connectivity index (χ0n) is 17.1. The average Bonchev–Trinajstić information content (AvgIpc) is 3.19. The molecule has 0 aliphatic rings. The number of benzene rings is 3. The fourth-order valence-electron chi connectivity index (χ4n) is 3.59. The number of nitrogens with one attached hydrogen (secondary N) is 2. The predicted molar refractivity (Wildman–Crippen MR) is 122 cm³/mol. The summed E-state index contributed by atoms with van der Waals surface area (Å²) in [6.07, 6.45) is 2.19. The van der Waals surface area contributed by atoms with Crippen LogP contribution in [-0.4, -0.2) is 22.1 Å². The Kier molecular flexibility index (Phi) is 6.73. The predicted octanol–water partition coefficient (Wildman–Crippen LogP) is 5.32. The highest BCUT2D eigenvalue weighted by atomic mass is 35.5. The van der Waals surface area contributed by atoms with Crippen LogP contribution >= 0.6 is 11.6 Å².